The van der Waals surface area contributed by atoms with Gasteiger partial charge in [-0.3, -0.25) is 4.79 Å². The Morgan fingerprint density at radius 2 is 1.80 bits per heavy atom. The minimum absolute atomic E-state index is 0. The predicted octanol–water partition coefficient (Wildman–Crippen LogP) is 2.63. The first-order valence-electron chi connectivity index (χ1n) is 7.25. The Hall–Kier alpha value is -1.06. The zero-order chi connectivity index (χ0) is 13.3. The molecule has 2 aliphatic heterocycles. The minimum Gasteiger partial charge on any atom is -0.338 e. The number of hydrogen-bond donors (Lipinski definition) is 1. The summed E-state index contributed by atoms with van der Waals surface area (Å²) in [5.41, 5.74) is 2.43. The van der Waals surface area contributed by atoms with Crippen LogP contribution in [0.5, 0.6) is 0 Å². The Morgan fingerprint density at radius 3 is 2.45 bits per heavy atom. The molecule has 0 atom stereocenters. The van der Waals surface area contributed by atoms with E-state index >= 15 is 0 Å². The van der Waals surface area contributed by atoms with E-state index in [2.05, 4.69) is 10.2 Å². The molecule has 1 aromatic rings. The molecule has 0 aliphatic carbocycles. The highest BCUT2D eigenvalue weighted by Gasteiger charge is 2.40. The number of benzene rings is 1. The van der Waals surface area contributed by atoms with E-state index in [1.54, 1.807) is 0 Å². The second-order valence-corrected chi connectivity index (χ2v) is 6.09. The lowest BCUT2D eigenvalue weighted by molar-refractivity contribution is 0.0762. The van der Waals surface area contributed by atoms with Crippen molar-refractivity contribution in [2.75, 3.05) is 26.2 Å². The van der Waals surface area contributed by atoms with Gasteiger partial charge in [-0.25, -0.2) is 0 Å². The quantitative estimate of drug-likeness (QED) is 0.863. The normalized spacial score (nSPS) is 20.8. The molecular formula is C16H23ClN2O. The molecule has 2 fully saturated rings. The maximum absolute atomic E-state index is 12.5. The van der Waals surface area contributed by atoms with Crippen LogP contribution in [-0.4, -0.2) is 37.0 Å². The molecule has 1 amide bonds. The van der Waals surface area contributed by atoms with Gasteiger partial charge in [0.2, 0.25) is 0 Å². The number of amides is 1. The van der Waals surface area contributed by atoms with Crippen molar-refractivity contribution in [3.8, 4) is 0 Å². The van der Waals surface area contributed by atoms with Gasteiger partial charge in [0.05, 0.1) is 0 Å². The van der Waals surface area contributed by atoms with E-state index in [1.807, 2.05) is 31.2 Å². The third-order valence-corrected chi connectivity index (χ3v) is 4.69. The summed E-state index contributed by atoms with van der Waals surface area (Å²) in [6.07, 6.45) is 3.60. The van der Waals surface area contributed by atoms with Crippen molar-refractivity contribution >= 4 is 18.3 Å². The molecule has 20 heavy (non-hydrogen) atoms. The van der Waals surface area contributed by atoms with Gasteiger partial charge in [0.1, 0.15) is 0 Å². The molecule has 0 unspecified atom stereocenters. The van der Waals surface area contributed by atoms with E-state index in [-0.39, 0.29) is 18.3 Å². The molecule has 3 rings (SSSR count). The van der Waals surface area contributed by atoms with Crippen molar-refractivity contribution in [1.82, 2.24) is 10.2 Å². The fourth-order valence-electron chi connectivity index (χ4n) is 3.35. The lowest BCUT2D eigenvalue weighted by Crippen LogP contribution is -2.39. The second-order valence-electron chi connectivity index (χ2n) is 6.09. The molecule has 1 N–H and O–H groups in total. The third kappa shape index (κ3) is 2.99. The molecule has 0 aromatic heterocycles. The Morgan fingerprint density at radius 1 is 1.15 bits per heavy atom. The van der Waals surface area contributed by atoms with Crippen LogP contribution in [0.4, 0.5) is 0 Å². The Kier molecular flexibility index (Phi) is 4.71. The van der Waals surface area contributed by atoms with Gasteiger partial charge in [-0.05, 0) is 56.8 Å². The number of nitrogens with zero attached hydrogens (tertiary/aromatic N) is 1. The van der Waals surface area contributed by atoms with Crippen LogP contribution in [0.1, 0.15) is 35.2 Å². The molecule has 3 nitrogen and oxygen atoms in total. The Balaban J connectivity index is 0.00000147. The maximum atomic E-state index is 12.5. The molecule has 0 radical (unpaired) electrons. The predicted molar refractivity (Wildman–Crippen MR) is 83.5 cm³/mol. The summed E-state index contributed by atoms with van der Waals surface area (Å²) in [5, 5.41) is 3.41. The number of halogens is 1. The minimum atomic E-state index is 0. The topological polar surface area (TPSA) is 32.3 Å². The van der Waals surface area contributed by atoms with E-state index in [0.717, 1.165) is 31.7 Å². The molecule has 0 saturated carbocycles. The summed E-state index contributed by atoms with van der Waals surface area (Å²) in [4.78, 5) is 14.5. The number of piperidine rings is 1. The van der Waals surface area contributed by atoms with Crippen molar-refractivity contribution in [1.29, 1.82) is 0 Å². The van der Waals surface area contributed by atoms with E-state index in [9.17, 15) is 4.79 Å². The van der Waals surface area contributed by atoms with Crippen molar-refractivity contribution in [3.63, 3.8) is 0 Å². The van der Waals surface area contributed by atoms with E-state index < -0.39 is 0 Å². The van der Waals surface area contributed by atoms with Gasteiger partial charge in [0.25, 0.3) is 5.91 Å². The number of aryl methyl sites for hydroxylation is 1. The molecule has 1 aromatic carbocycles. The van der Waals surface area contributed by atoms with Gasteiger partial charge in [-0.15, -0.1) is 12.4 Å². The molecule has 110 valence electrons. The number of rotatable bonds is 1. The average molecular weight is 295 g/mol. The lowest BCUT2D eigenvalue weighted by atomic mass is 9.78. The van der Waals surface area contributed by atoms with Gasteiger partial charge >= 0.3 is 0 Å². The lowest BCUT2D eigenvalue weighted by Gasteiger charge is -2.33. The second kappa shape index (κ2) is 6.15. The van der Waals surface area contributed by atoms with Crippen LogP contribution in [0.3, 0.4) is 0 Å². The molecular weight excluding hydrogens is 272 g/mol. The number of nitrogens with one attached hydrogen (secondary N) is 1. The van der Waals surface area contributed by atoms with Crippen LogP contribution in [0, 0.1) is 12.3 Å². The van der Waals surface area contributed by atoms with Crippen molar-refractivity contribution < 1.29 is 4.79 Å². The standard InChI is InChI=1S/C16H22N2O.ClH/c1-13-2-4-14(5-3-13)15(19)18-11-8-16(12-18)6-9-17-10-7-16;/h2-5,17H,6-12H2,1H3;1H. The van der Waals surface area contributed by atoms with Crippen LogP contribution in [-0.2, 0) is 0 Å². The van der Waals surface area contributed by atoms with Crippen LogP contribution in [0.2, 0.25) is 0 Å². The highest BCUT2D eigenvalue weighted by atomic mass is 35.5. The van der Waals surface area contributed by atoms with Crippen LogP contribution in [0.25, 0.3) is 0 Å². The first-order valence-corrected chi connectivity index (χ1v) is 7.25. The molecule has 4 heteroatoms. The van der Waals surface area contributed by atoms with E-state index in [4.69, 9.17) is 0 Å². The van der Waals surface area contributed by atoms with Crippen LogP contribution < -0.4 is 5.32 Å². The summed E-state index contributed by atoms with van der Waals surface area (Å²) in [6, 6.07) is 7.93. The number of likely N-dealkylation sites (tertiary alicyclic amines) is 1. The zero-order valence-electron chi connectivity index (χ0n) is 12.0. The fourth-order valence-corrected chi connectivity index (χ4v) is 3.35. The summed E-state index contributed by atoms with van der Waals surface area (Å²) < 4.78 is 0. The smallest absolute Gasteiger partial charge is 0.253 e. The summed E-state index contributed by atoms with van der Waals surface area (Å²) in [5.74, 6) is 0.204. The Labute approximate surface area is 127 Å². The largest absolute Gasteiger partial charge is 0.338 e. The summed E-state index contributed by atoms with van der Waals surface area (Å²) in [7, 11) is 0. The molecule has 2 saturated heterocycles. The highest BCUT2D eigenvalue weighted by molar-refractivity contribution is 5.94. The van der Waals surface area contributed by atoms with Crippen molar-refractivity contribution in [2.24, 2.45) is 5.41 Å². The zero-order valence-corrected chi connectivity index (χ0v) is 12.8. The first kappa shape index (κ1) is 15.3. The van der Waals surface area contributed by atoms with Crippen molar-refractivity contribution in [2.45, 2.75) is 26.2 Å². The highest BCUT2D eigenvalue weighted by Crippen LogP contribution is 2.38. The fraction of sp³-hybridized carbons (Fsp3) is 0.562. The van der Waals surface area contributed by atoms with Crippen LogP contribution >= 0.6 is 12.4 Å². The third-order valence-electron chi connectivity index (χ3n) is 4.69. The van der Waals surface area contributed by atoms with Gasteiger partial charge in [-0.2, -0.15) is 0 Å². The van der Waals surface area contributed by atoms with Crippen LogP contribution in [0.15, 0.2) is 24.3 Å². The Bertz CT molecular complexity index is 466. The van der Waals surface area contributed by atoms with Gasteiger partial charge in [0.15, 0.2) is 0 Å². The molecule has 0 bridgehead atoms. The van der Waals surface area contributed by atoms with Gasteiger partial charge in [-0.1, -0.05) is 17.7 Å². The SMILES string of the molecule is Cc1ccc(C(=O)N2CCC3(CCNCC3)C2)cc1.Cl. The summed E-state index contributed by atoms with van der Waals surface area (Å²) in [6.45, 7) is 6.13. The molecule has 1 spiro atoms. The number of carbonyl (C=O) groups is 1. The van der Waals surface area contributed by atoms with E-state index in [1.165, 1.54) is 24.8 Å². The maximum Gasteiger partial charge on any atom is 0.253 e. The first-order chi connectivity index (χ1) is 9.19. The molecule has 2 aliphatic rings. The number of hydrogen-bond acceptors (Lipinski definition) is 2. The summed E-state index contributed by atoms with van der Waals surface area (Å²) >= 11 is 0. The monoisotopic (exact) mass is 294 g/mol. The number of carbonyl (C=O) groups excluding carboxylic acids is 1. The average Bonchev–Trinajstić information content (AvgIpc) is 2.83. The van der Waals surface area contributed by atoms with E-state index in [0.29, 0.717) is 5.41 Å². The van der Waals surface area contributed by atoms with Gasteiger partial charge in [0, 0.05) is 18.7 Å². The van der Waals surface area contributed by atoms with Gasteiger partial charge < -0.3 is 10.2 Å². The molecule has 2 heterocycles. The van der Waals surface area contributed by atoms with Crippen molar-refractivity contribution in [3.05, 3.63) is 35.4 Å².